The molecule has 0 aliphatic heterocycles. The SMILES string of the molecule is N#CCNc1ccc(-c2ccc(Br)s2)nn1. The summed E-state index contributed by atoms with van der Waals surface area (Å²) in [5.74, 6) is 0.612. The molecule has 0 saturated heterocycles. The minimum Gasteiger partial charge on any atom is -0.356 e. The van der Waals surface area contributed by atoms with E-state index in [2.05, 4.69) is 31.4 Å². The monoisotopic (exact) mass is 294 g/mol. The number of halogens is 1. The average molecular weight is 295 g/mol. The normalized spacial score (nSPS) is 9.75. The Kier molecular flexibility index (Phi) is 3.49. The molecule has 0 atom stereocenters. The van der Waals surface area contributed by atoms with Crippen LogP contribution >= 0.6 is 27.3 Å². The Balaban J connectivity index is 2.16. The summed E-state index contributed by atoms with van der Waals surface area (Å²) in [6.45, 7) is 0.235. The molecule has 0 spiro atoms. The molecule has 2 aromatic rings. The molecule has 2 heterocycles. The van der Waals surface area contributed by atoms with Crippen LogP contribution in [0.2, 0.25) is 0 Å². The van der Waals surface area contributed by atoms with Gasteiger partial charge in [0.25, 0.3) is 0 Å². The molecule has 1 N–H and O–H groups in total. The van der Waals surface area contributed by atoms with E-state index in [1.807, 2.05) is 30.3 Å². The number of hydrogen-bond acceptors (Lipinski definition) is 5. The molecule has 0 aliphatic rings. The number of anilines is 1. The first-order valence-electron chi connectivity index (χ1n) is 4.50. The molecule has 0 amide bonds. The van der Waals surface area contributed by atoms with Crippen molar-refractivity contribution < 1.29 is 0 Å². The lowest BCUT2D eigenvalue weighted by Crippen LogP contribution is -2.01. The van der Waals surface area contributed by atoms with E-state index in [-0.39, 0.29) is 6.54 Å². The van der Waals surface area contributed by atoms with Crippen LogP contribution in [0.4, 0.5) is 5.82 Å². The predicted octanol–water partition coefficient (Wildman–Crippen LogP) is 2.90. The maximum Gasteiger partial charge on any atom is 0.149 e. The second kappa shape index (κ2) is 5.05. The van der Waals surface area contributed by atoms with Crippen LogP contribution in [-0.2, 0) is 0 Å². The summed E-state index contributed by atoms with van der Waals surface area (Å²) in [7, 11) is 0. The molecular formula is C10H7BrN4S. The molecule has 16 heavy (non-hydrogen) atoms. The van der Waals surface area contributed by atoms with Crippen molar-refractivity contribution >= 4 is 33.1 Å². The zero-order chi connectivity index (χ0) is 11.4. The summed E-state index contributed by atoms with van der Waals surface area (Å²) in [5, 5.41) is 19.3. The Bertz CT molecular complexity index is 514. The zero-order valence-corrected chi connectivity index (χ0v) is 10.5. The molecule has 0 saturated carbocycles. The van der Waals surface area contributed by atoms with Crippen LogP contribution in [0.15, 0.2) is 28.1 Å². The van der Waals surface area contributed by atoms with E-state index < -0.39 is 0 Å². The van der Waals surface area contributed by atoms with E-state index in [1.165, 1.54) is 0 Å². The molecule has 80 valence electrons. The standard InChI is InChI=1S/C10H7BrN4S/c11-9-3-2-8(16-9)7-1-4-10(15-14-7)13-6-5-12/h1-4H,6H2,(H,13,15). The third-order valence-electron chi connectivity index (χ3n) is 1.84. The second-order valence-corrected chi connectivity index (χ2v) is 5.38. The van der Waals surface area contributed by atoms with E-state index in [1.54, 1.807) is 11.3 Å². The van der Waals surface area contributed by atoms with Crippen molar-refractivity contribution in [1.29, 1.82) is 5.26 Å². The topological polar surface area (TPSA) is 61.6 Å². The highest BCUT2D eigenvalue weighted by Crippen LogP contribution is 2.29. The van der Waals surface area contributed by atoms with Gasteiger partial charge in [-0.3, -0.25) is 0 Å². The third kappa shape index (κ3) is 2.56. The molecule has 0 radical (unpaired) electrons. The van der Waals surface area contributed by atoms with Gasteiger partial charge < -0.3 is 5.32 Å². The Morgan fingerprint density at radius 1 is 1.31 bits per heavy atom. The van der Waals surface area contributed by atoms with Gasteiger partial charge in [0.15, 0.2) is 0 Å². The molecule has 0 bridgehead atoms. The number of aromatic nitrogens is 2. The number of rotatable bonds is 3. The van der Waals surface area contributed by atoms with Gasteiger partial charge in [-0.05, 0) is 40.2 Å². The smallest absolute Gasteiger partial charge is 0.149 e. The zero-order valence-electron chi connectivity index (χ0n) is 8.14. The van der Waals surface area contributed by atoms with Gasteiger partial charge in [-0.1, -0.05) is 0 Å². The van der Waals surface area contributed by atoms with Gasteiger partial charge in [0, 0.05) is 0 Å². The number of nitrogens with one attached hydrogen (secondary N) is 1. The van der Waals surface area contributed by atoms with E-state index in [9.17, 15) is 0 Å². The Morgan fingerprint density at radius 2 is 2.19 bits per heavy atom. The van der Waals surface area contributed by atoms with Crippen LogP contribution in [0.1, 0.15) is 0 Å². The highest BCUT2D eigenvalue weighted by Gasteiger charge is 2.03. The van der Waals surface area contributed by atoms with Gasteiger partial charge in [-0.2, -0.15) is 5.26 Å². The van der Waals surface area contributed by atoms with Crippen LogP contribution in [-0.4, -0.2) is 16.7 Å². The minimum absolute atomic E-state index is 0.235. The first kappa shape index (κ1) is 11.0. The lowest BCUT2D eigenvalue weighted by molar-refractivity contribution is 1.03. The van der Waals surface area contributed by atoms with Gasteiger partial charge in [-0.25, -0.2) is 0 Å². The third-order valence-corrected chi connectivity index (χ3v) is 3.48. The van der Waals surface area contributed by atoms with E-state index in [0.717, 1.165) is 14.4 Å². The van der Waals surface area contributed by atoms with Crippen molar-refractivity contribution in [1.82, 2.24) is 10.2 Å². The lowest BCUT2D eigenvalue weighted by atomic mass is 10.3. The summed E-state index contributed by atoms with van der Waals surface area (Å²) in [6, 6.07) is 9.64. The van der Waals surface area contributed by atoms with Crippen molar-refractivity contribution in [2.75, 3.05) is 11.9 Å². The summed E-state index contributed by atoms with van der Waals surface area (Å²) >= 11 is 5.01. The summed E-state index contributed by atoms with van der Waals surface area (Å²) in [5.41, 5.74) is 0.832. The maximum absolute atomic E-state index is 8.40. The minimum atomic E-state index is 0.235. The molecule has 2 rings (SSSR count). The number of thiophene rings is 1. The van der Waals surface area contributed by atoms with Crippen LogP contribution < -0.4 is 5.32 Å². The van der Waals surface area contributed by atoms with E-state index in [4.69, 9.17) is 5.26 Å². The first-order chi connectivity index (χ1) is 7.79. The van der Waals surface area contributed by atoms with Crippen molar-refractivity contribution in [2.45, 2.75) is 0 Å². The van der Waals surface area contributed by atoms with Gasteiger partial charge in [-0.15, -0.1) is 21.5 Å². The fourth-order valence-electron chi connectivity index (χ4n) is 1.14. The van der Waals surface area contributed by atoms with Crippen molar-refractivity contribution in [3.63, 3.8) is 0 Å². The largest absolute Gasteiger partial charge is 0.356 e. The number of nitrogens with zero attached hydrogens (tertiary/aromatic N) is 3. The van der Waals surface area contributed by atoms with E-state index in [0.29, 0.717) is 5.82 Å². The van der Waals surface area contributed by atoms with E-state index >= 15 is 0 Å². The predicted molar refractivity (Wildman–Crippen MR) is 67.1 cm³/mol. The molecule has 2 aromatic heterocycles. The van der Waals surface area contributed by atoms with Crippen LogP contribution in [0, 0.1) is 11.3 Å². The molecule has 4 nitrogen and oxygen atoms in total. The summed E-state index contributed by atoms with van der Waals surface area (Å²) in [4.78, 5) is 1.06. The summed E-state index contributed by atoms with van der Waals surface area (Å²) < 4.78 is 1.07. The molecule has 0 fully saturated rings. The quantitative estimate of drug-likeness (QED) is 0.884. The Labute approximate surface area is 105 Å². The number of hydrogen-bond donors (Lipinski definition) is 1. The van der Waals surface area contributed by atoms with Crippen LogP contribution in [0.5, 0.6) is 0 Å². The fourth-order valence-corrected chi connectivity index (χ4v) is 2.49. The number of nitriles is 1. The molecule has 0 unspecified atom stereocenters. The highest BCUT2D eigenvalue weighted by atomic mass is 79.9. The molecule has 0 aliphatic carbocycles. The average Bonchev–Trinajstić information content (AvgIpc) is 2.74. The second-order valence-electron chi connectivity index (χ2n) is 2.92. The Morgan fingerprint density at radius 3 is 2.75 bits per heavy atom. The van der Waals surface area contributed by atoms with Crippen molar-refractivity contribution in [2.24, 2.45) is 0 Å². The summed E-state index contributed by atoms with van der Waals surface area (Å²) in [6.07, 6.45) is 0. The van der Waals surface area contributed by atoms with Gasteiger partial charge in [0.1, 0.15) is 18.1 Å². The van der Waals surface area contributed by atoms with Gasteiger partial charge >= 0.3 is 0 Å². The fraction of sp³-hybridized carbons (Fsp3) is 0.100. The van der Waals surface area contributed by atoms with Gasteiger partial charge in [0.05, 0.1) is 14.7 Å². The highest BCUT2D eigenvalue weighted by molar-refractivity contribution is 9.11. The lowest BCUT2D eigenvalue weighted by Gasteiger charge is -2.00. The Hall–Kier alpha value is -1.45. The van der Waals surface area contributed by atoms with Crippen molar-refractivity contribution in [3.8, 4) is 16.6 Å². The van der Waals surface area contributed by atoms with Gasteiger partial charge in [0.2, 0.25) is 0 Å². The van der Waals surface area contributed by atoms with Crippen molar-refractivity contribution in [3.05, 3.63) is 28.1 Å². The maximum atomic E-state index is 8.40. The van der Waals surface area contributed by atoms with Crippen LogP contribution in [0.25, 0.3) is 10.6 Å². The molecular weight excluding hydrogens is 288 g/mol. The van der Waals surface area contributed by atoms with Crippen LogP contribution in [0.3, 0.4) is 0 Å². The molecule has 6 heteroatoms. The first-order valence-corrected chi connectivity index (χ1v) is 6.11. The molecule has 0 aromatic carbocycles.